The Balaban J connectivity index is 1.22. The number of carbonyl (C=O) groups excluding carboxylic acids is 1. The topological polar surface area (TPSA) is 54.0 Å². The molecule has 32 heavy (non-hydrogen) atoms. The summed E-state index contributed by atoms with van der Waals surface area (Å²) in [5.41, 5.74) is 5.96. The van der Waals surface area contributed by atoms with Crippen LogP contribution >= 0.6 is 0 Å². The maximum Gasteiger partial charge on any atom is 0.260 e. The number of rotatable bonds is 7. The average Bonchev–Trinajstić information content (AvgIpc) is 3.37. The Kier molecular flexibility index (Phi) is 6.26. The van der Waals surface area contributed by atoms with Gasteiger partial charge in [0.25, 0.3) is 5.91 Å². The molecule has 0 spiro atoms. The SMILES string of the molecule is CCOCCN1CCN(CCc2ccc3c(c2)COC3=C2C(=O)Nc3ccccc32)CC1. The van der Waals surface area contributed by atoms with Gasteiger partial charge in [-0.3, -0.25) is 9.69 Å². The van der Waals surface area contributed by atoms with Gasteiger partial charge in [-0.2, -0.15) is 0 Å². The van der Waals surface area contributed by atoms with Crippen molar-refractivity contribution in [1.29, 1.82) is 0 Å². The molecule has 3 heterocycles. The predicted molar refractivity (Wildman–Crippen MR) is 126 cm³/mol. The van der Waals surface area contributed by atoms with Crippen LogP contribution in [-0.2, 0) is 27.3 Å². The number of anilines is 1. The van der Waals surface area contributed by atoms with Gasteiger partial charge in [0.05, 0.1) is 12.2 Å². The summed E-state index contributed by atoms with van der Waals surface area (Å²) in [6.45, 7) is 10.8. The van der Waals surface area contributed by atoms with E-state index in [0.717, 1.165) is 75.7 Å². The highest BCUT2D eigenvalue weighted by Gasteiger charge is 2.32. The van der Waals surface area contributed by atoms with Crippen molar-refractivity contribution in [2.45, 2.75) is 20.0 Å². The van der Waals surface area contributed by atoms with Crippen molar-refractivity contribution in [2.24, 2.45) is 0 Å². The molecule has 3 aliphatic rings. The Hall–Kier alpha value is -2.67. The van der Waals surface area contributed by atoms with E-state index in [1.165, 1.54) is 11.1 Å². The molecule has 3 aliphatic heterocycles. The number of amides is 1. The number of para-hydroxylation sites is 1. The minimum absolute atomic E-state index is 0.0847. The quantitative estimate of drug-likeness (QED) is 0.537. The second-order valence-electron chi connectivity index (χ2n) is 8.61. The maximum atomic E-state index is 12.6. The molecule has 1 fully saturated rings. The van der Waals surface area contributed by atoms with Gasteiger partial charge in [0.15, 0.2) is 0 Å². The van der Waals surface area contributed by atoms with E-state index in [9.17, 15) is 4.79 Å². The predicted octanol–water partition coefficient (Wildman–Crippen LogP) is 3.23. The molecule has 0 atom stereocenters. The molecule has 1 saturated heterocycles. The van der Waals surface area contributed by atoms with Gasteiger partial charge in [-0.15, -0.1) is 0 Å². The Morgan fingerprint density at radius 3 is 2.59 bits per heavy atom. The summed E-state index contributed by atoms with van der Waals surface area (Å²) >= 11 is 0. The monoisotopic (exact) mass is 433 g/mol. The highest BCUT2D eigenvalue weighted by atomic mass is 16.5. The first-order valence-corrected chi connectivity index (χ1v) is 11.7. The van der Waals surface area contributed by atoms with E-state index in [0.29, 0.717) is 17.9 Å². The summed E-state index contributed by atoms with van der Waals surface area (Å²) in [7, 11) is 0. The third-order valence-electron chi connectivity index (χ3n) is 6.62. The van der Waals surface area contributed by atoms with Gasteiger partial charge >= 0.3 is 0 Å². The first kappa shape index (κ1) is 21.2. The molecule has 0 aliphatic carbocycles. The van der Waals surface area contributed by atoms with Gasteiger partial charge in [0.2, 0.25) is 0 Å². The van der Waals surface area contributed by atoms with E-state index in [1.807, 2.05) is 31.2 Å². The Morgan fingerprint density at radius 1 is 1.00 bits per heavy atom. The molecule has 1 amide bonds. The highest BCUT2D eigenvalue weighted by Crippen LogP contribution is 2.41. The molecule has 1 N–H and O–H groups in total. The van der Waals surface area contributed by atoms with Crippen LogP contribution in [0.3, 0.4) is 0 Å². The molecule has 6 nitrogen and oxygen atoms in total. The molecule has 5 rings (SSSR count). The lowest BCUT2D eigenvalue weighted by Gasteiger charge is -2.34. The maximum absolute atomic E-state index is 12.6. The molecule has 0 bridgehead atoms. The second-order valence-corrected chi connectivity index (χ2v) is 8.61. The first-order valence-electron chi connectivity index (χ1n) is 11.7. The summed E-state index contributed by atoms with van der Waals surface area (Å²) in [5.74, 6) is 0.621. The van der Waals surface area contributed by atoms with Crippen molar-refractivity contribution in [3.05, 3.63) is 64.7 Å². The summed E-state index contributed by atoms with van der Waals surface area (Å²) in [4.78, 5) is 17.6. The molecule has 6 heteroatoms. The average molecular weight is 434 g/mol. The zero-order chi connectivity index (χ0) is 21.9. The smallest absolute Gasteiger partial charge is 0.260 e. The number of ether oxygens (including phenoxy) is 2. The minimum Gasteiger partial charge on any atom is -0.487 e. The van der Waals surface area contributed by atoms with Crippen LogP contribution in [0.2, 0.25) is 0 Å². The van der Waals surface area contributed by atoms with E-state index in [-0.39, 0.29) is 5.91 Å². The molecule has 0 aromatic heterocycles. The third-order valence-corrected chi connectivity index (χ3v) is 6.62. The summed E-state index contributed by atoms with van der Waals surface area (Å²) in [5, 5.41) is 2.95. The van der Waals surface area contributed by atoms with Gasteiger partial charge in [0.1, 0.15) is 12.4 Å². The molecule has 2 aromatic rings. The van der Waals surface area contributed by atoms with Gasteiger partial charge in [-0.25, -0.2) is 0 Å². The van der Waals surface area contributed by atoms with E-state index in [1.54, 1.807) is 0 Å². The summed E-state index contributed by atoms with van der Waals surface area (Å²) in [6, 6.07) is 14.4. The fourth-order valence-corrected chi connectivity index (χ4v) is 4.78. The molecule has 0 saturated carbocycles. The van der Waals surface area contributed by atoms with Crippen molar-refractivity contribution in [1.82, 2.24) is 9.80 Å². The highest BCUT2D eigenvalue weighted by molar-refractivity contribution is 6.36. The fourth-order valence-electron chi connectivity index (χ4n) is 4.78. The first-order chi connectivity index (χ1) is 15.7. The van der Waals surface area contributed by atoms with Crippen molar-refractivity contribution < 1.29 is 14.3 Å². The zero-order valence-electron chi connectivity index (χ0n) is 18.7. The Labute approximate surface area is 189 Å². The van der Waals surface area contributed by atoms with Crippen LogP contribution in [0.15, 0.2) is 42.5 Å². The largest absolute Gasteiger partial charge is 0.487 e. The van der Waals surface area contributed by atoms with Crippen molar-refractivity contribution in [3.8, 4) is 0 Å². The van der Waals surface area contributed by atoms with Crippen LogP contribution in [0.25, 0.3) is 11.3 Å². The molecule has 0 radical (unpaired) electrons. The van der Waals surface area contributed by atoms with Gasteiger partial charge < -0.3 is 19.7 Å². The Morgan fingerprint density at radius 2 is 1.78 bits per heavy atom. The second kappa shape index (κ2) is 9.45. The lowest BCUT2D eigenvalue weighted by atomic mass is 9.98. The van der Waals surface area contributed by atoms with Crippen LogP contribution in [0, 0.1) is 0 Å². The molecule has 0 unspecified atom stereocenters. The van der Waals surface area contributed by atoms with Gasteiger partial charge in [-0.1, -0.05) is 36.4 Å². The van der Waals surface area contributed by atoms with Crippen LogP contribution in [-0.4, -0.2) is 68.2 Å². The van der Waals surface area contributed by atoms with Crippen LogP contribution in [0.1, 0.15) is 29.2 Å². The number of hydrogen-bond acceptors (Lipinski definition) is 5. The lowest BCUT2D eigenvalue weighted by molar-refractivity contribution is -0.110. The van der Waals surface area contributed by atoms with Crippen LogP contribution in [0.5, 0.6) is 0 Å². The van der Waals surface area contributed by atoms with Crippen molar-refractivity contribution >= 4 is 22.9 Å². The van der Waals surface area contributed by atoms with Gasteiger partial charge in [-0.05, 0) is 25.0 Å². The lowest BCUT2D eigenvalue weighted by Crippen LogP contribution is -2.47. The summed E-state index contributed by atoms with van der Waals surface area (Å²) < 4.78 is 11.5. The number of nitrogens with zero attached hydrogens (tertiary/aromatic N) is 2. The van der Waals surface area contributed by atoms with Crippen LogP contribution < -0.4 is 5.32 Å². The van der Waals surface area contributed by atoms with E-state index >= 15 is 0 Å². The number of fused-ring (bicyclic) bond motifs is 2. The van der Waals surface area contributed by atoms with E-state index < -0.39 is 0 Å². The van der Waals surface area contributed by atoms with Crippen LogP contribution in [0.4, 0.5) is 5.69 Å². The number of benzene rings is 2. The zero-order valence-corrected chi connectivity index (χ0v) is 18.7. The molecule has 2 aromatic carbocycles. The number of carbonyl (C=O) groups is 1. The fraction of sp³-hybridized carbons (Fsp3) is 0.423. The number of hydrogen-bond donors (Lipinski definition) is 1. The molecular weight excluding hydrogens is 402 g/mol. The van der Waals surface area contributed by atoms with E-state index in [2.05, 4.69) is 33.3 Å². The minimum atomic E-state index is -0.0847. The molecule has 168 valence electrons. The number of piperazine rings is 1. The standard InChI is InChI=1S/C26H31N3O3/c1-2-31-16-15-29-13-11-28(12-14-29)10-9-19-7-8-21-20(17-19)18-32-25(21)24-22-5-3-4-6-23(22)27-26(24)30/h3-8,17H,2,9-16,18H2,1H3,(H,27,30). The third kappa shape index (κ3) is 4.31. The number of nitrogens with one attached hydrogen (secondary N) is 1. The van der Waals surface area contributed by atoms with Crippen molar-refractivity contribution in [2.75, 3.05) is 57.8 Å². The molecular formula is C26H31N3O3. The Bertz CT molecular complexity index is 1020. The summed E-state index contributed by atoms with van der Waals surface area (Å²) in [6.07, 6.45) is 1.03. The van der Waals surface area contributed by atoms with E-state index in [4.69, 9.17) is 9.47 Å². The van der Waals surface area contributed by atoms with Crippen molar-refractivity contribution in [3.63, 3.8) is 0 Å². The normalized spacial score (nSPS) is 20.7. The van der Waals surface area contributed by atoms with Gasteiger partial charge in [0, 0.05) is 68.3 Å².